The number of ether oxygens (including phenoxy) is 2. The van der Waals surface area contributed by atoms with Crippen molar-refractivity contribution < 1.29 is 9.47 Å². The molecule has 0 aromatic heterocycles. The Balaban J connectivity index is 2.97. The van der Waals surface area contributed by atoms with Gasteiger partial charge in [-0.2, -0.15) is 0 Å². The lowest BCUT2D eigenvalue weighted by Gasteiger charge is -2.15. The van der Waals surface area contributed by atoms with Crippen molar-refractivity contribution in [2.24, 2.45) is 5.73 Å². The molecule has 0 amide bonds. The largest absolute Gasteiger partial charge is 0.493 e. The smallest absolute Gasteiger partial charge is 0.180 e. The van der Waals surface area contributed by atoms with Crippen LogP contribution in [0.25, 0.3) is 0 Å². The van der Waals surface area contributed by atoms with Crippen molar-refractivity contribution >= 4 is 23.2 Å². The molecule has 1 aromatic carbocycles. The van der Waals surface area contributed by atoms with Crippen LogP contribution in [0.2, 0.25) is 5.02 Å². The molecule has 0 aliphatic rings. The molecule has 1 atom stereocenters. The van der Waals surface area contributed by atoms with Crippen molar-refractivity contribution in [3.8, 4) is 11.5 Å². The Hall–Kier alpha value is -0.900. The normalized spacial score (nSPS) is 12.1. The maximum absolute atomic E-state index is 6.20. The fraction of sp³-hybridized carbons (Fsp3) is 0.429. The molecule has 0 aliphatic heterocycles. The molecule has 0 fully saturated rings. The molecule has 0 radical (unpaired) electrons. The topological polar surface area (TPSA) is 44.5 Å². The van der Waals surface area contributed by atoms with Crippen LogP contribution < -0.4 is 15.2 Å². The number of rotatable bonds is 7. The molecule has 2 N–H and O–H groups in total. The summed E-state index contributed by atoms with van der Waals surface area (Å²) in [7, 11) is 1.57. The summed E-state index contributed by atoms with van der Waals surface area (Å²) >= 11 is 11.9. The van der Waals surface area contributed by atoms with Gasteiger partial charge in [0.2, 0.25) is 0 Å². The fourth-order valence-electron chi connectivity index (χ4n) is 1.63. The van der Waals surface area contributed by atoms with E-state index in [1.54, 1.807) is 7.11 Å². The predicted octanol–water partition coefficient (Wildman–Crippen LogP) is 3.76. The molecule has 1 aromatic rings. The third-order valence-corrected chi connectivity index (χ3v) is 3.07. The van der Waals surface area contributed by atoms with Gasteiger partial charge in [-0.25, -0.2) is 0 Å². The van der Waals surface area contributed by atoms with E-state index >= 15 is 0 Å². The van der Waals surface area contributed by atoms with Gasteiger partial charge in [0.25, 0.3) is 0 Å². The number of hydrogen-bond donors (Lipinski definition) is 1. The molecule has 0 spiro atoms. The molecule has 0 bridgehead atoms. The van der Waals surface area contributed by atoms with Crippen LogP contribution in [0.5, 0.6) is 11.5 Å². The van der Waals surface area contributed by atoms with Crippen LogP contribution in [-0.2, 0) is 6.42 Å². The lowest BCUT2D eigenvalue weighted by molar-refractivity contribution is 0.324. The van der Waals surface area contributed by atoms with Crippen LogP contribution in [0.4, 0.5) is 0 Å². The van der Waals surface area contributed by atoms with Crippen LogP contribution in [0.15, 0.2) is 23.7 Å². The van der Waals surface area contributed by atoms with E-state index in [9.17, 15) is 0 Å². The number of halogens is 2. The Morgan fingerprint density at radius 1 is 1.47 bits per heavy atom. The minimum atomic E-state index is 0.107. The Labute approximate surface area is 124 Å². The molecule has 1 unspecified atom stereocenters. The van der Waals surface area contributed by atoms with Crippen molar-refractivity contribution in [1.29, 1.82) is 0 Å². The molecule has 3 nitrogen and oxygen atoms in total. The second-order valence-electron chi connectivity index (χ2n) is 4.29. The quantitative estimate of drug-likeness (QED) is 0.834. The lowest BCUT2D eigenvalue weighted by atomic mass is 10.0. The van der Waals surface area contributed by atoms with Gasteiger partial charge in [-0.1, -0.05) is 36.7 Å². The number of nitrogens with two attached hydrogens (primary N) is 1. The van der Waals surface area contributed by atoms with Crippen LogP contribution in [0, 0.1) is 0 Å². The summed E-state index contributed by atoms with van der Waals surface area (Å²) in [5.74, 6) is 1.04. The second-order valence-corrected chi connectivity index (χ2v) is 5.23. The maximum Gasteiger partial charge on any atom is 0.180 e. The van der Waals surface area contributed by atoms with E-state index in [1.807, 2.05) is 19.1 Å². The predicted molar refractivity (Wildman–Crippen MR) is 80.5 cm³/mol. The van der Waals surface area contributed by atoms with Crippen LogP contribution in [-0.4, -0.2) is 19.8 Å². The van der Waals surface area contributed by atoms with Gasteiger partial charge in [0.15, 0.2) is 11.5 Å². The first-order valence-electron chi connectivity index (χ1n) is 6.06. The van der Waals surface area contributed by atoms with E-state index in [0.717, 1.165) is 18.4 Å². The Kier molecular flexibility index (Phi) is 6.49. The van der Waals surface area contributed by atoms with Crippen LogP contribution in [0.3, 0.4) is 0 Å². The first-order chi connectivity index (χ1) is 8.97. The summed E-state index contributed by atoms with van der Waals surface area (Å²) in [5, 5.41) is 0.880. The molecule has 0 saturated carbocycles. The number of methoxy groups -OCH3 is 1. The molecule has 1 rings (SSSR count). The molecule has 0 heterocycles. The Bertz CT molecular complexity index is 449. The van der Waals surface area contributed by atoms with Crippen LogP contribution >= 0.6 is 23.2 Å². The average molecular weight is 304 g/mol. The molecule has 5 heteroatoms. The second kappa shape index (κ2) is 7.63. The van der Waals surface area contributed by atoms with E-state index in [-0.39, 0.29) is 12.6 Å². The minimum Gasteiger partial charge on any atom is -0.493 e. The molecule has 0 aliphatic carbocycles. The van der Waals surface area contributed by atoms with Gasteiger partial charge in [0.05, 0.1) is 12.1 Å². The van der Waals surface area contributed by atoms with Crippen molar-refractivity contribution in [3.63, 3.8) is 0 Å². The zero-order chi connectivity index (χ0) is 14.4. The van der Waals surface area contributed by atoms with E-state index in [2.05, 4.69) is 6.58 Å². The zero-order valence-corrected chi connectivity index (χ0v) is 12.7. The van der Waals surface area contributed by atoms with Crippen LogP contribution in [0.1, 0.15) is 18.9 Å². The highest BCUT2D eigenvalue weighted by atomic mass is 35.5. The highest BCUT2D eigenvalue weighted by Gasteiger charge is 2.13. The third kappa shape index (κ3) is 4.94. The molecule has 19 heavy (non-hydrogen) atoms. The standard InChI is InChI=1S/C14H19Cl2NO2/c1-4-11(17)5-10-6-12(16)14(13(7-10)18-3)19-8-9(2)15/h6-7,11H,2,4-5,8,17H2,1,3H3. The first kappa shape index (κ1) is 16.2. The molecule has 0 saturated heterocycles. The molecule has 106 valence electrons. The maximum atomic E-state index is 6.20. The summed E-state index contributed by atoms with van der Waals surface area (Å²) in [4.78, 5) is 0. The average Bonchev–Trinajstić information content (AvgIpc) is 2.36. The summed E-state index contributed by atoms with van der Waals surface area (Å²) < 4.78 is 10.8. The van der Waals surface area contributed by atoms with E-state index in [0.29, 0.717) is 21.6 Å². The van der Waals surface area contributed by atoms with E-state index < -0.39 is 0 Å². The van der Waals surface area contributed by atoms with E-state index in [4.69, 9.17) is 38.4 Å². The first-order valence-corrected chi connectivity index (χ1v) is 6.81. The Morgan fingerprint density at radius 3 is 2.68 bits per heavy atom. The van der Waals surface area contributed by atoms with Gasteiger partial charge in [-0.05, 0) is 30.5 Å². The summed E-state index contributed by atoms with van der Waals surface area (Å²) in [6, 6.07) is 3.83. The number of benzene rings is 1. The van der Waals surface area contributed by atoms with Crippen molar-refractivity contribution in [2.45, 2.75) is 25.8 Å². The van der Waals surface area contributed by atoms with E-state index in [1.165, 1.54) is 0 Å². The van der Waals surface area contributed by atoms with Crippen molar-refractivity contribution in [2.75, 3.05) is 13.7 Å². The molecular formula is C14H19Cl2NO2. The summed E-state index contributed by atoms with van der Waals surface area (Å²) in [6.07, 6.45) is 1.65. The SMILES string of the molecule is C=C(Cl)COc1c(Cl)cc(CC(N)CC)cc1OC. The summed E-state index contributed by atoms with van der Waals surface area (Å²) in [6.45, 7) is 5.80. The minimum absolute atomic E-state index is 0.107. The highest BCUT2D eigenvalue weighted by molar-refractivity contribution is 6.32. The zero-order valence-electron chi connectivity index (χ0n) is 11.2. The monoisotopic (exact) mass is 303 g/mol. The third-order valence-electron chi connectivity index (χ3n) is 2.68. The number of hydrogen-bond acceptors (Lipinski definition) is 3. The fourth-order valence-corrected chi connectivity index (χ4v) is 1.97. The molecular weight excluding hydrogens is 285 g/mol. The summed E-state index contributed by atoms with van der Waals surface area (Å²) in [5.41, 5.74) is 6.96. The van der Waals surface area contributed by atoms with Gasteiger partial charge >= 0.3 is 0 Å². The van der Waals surface area contributed by atoms with Gasteiger partial charge in [0, 0.05) is 11.1 Å². The highest BCUT2D eigenvalue weighted by Crippen LogP contribution is 2.37. The lowest BCUT2D eigenvalue weighted by Crippen LogP contribution is -2.21. The van der Waals surface area contributed by atoms with Gasteiger partial charge in [-0.3, -0.25) is 0 Å². The van der Waals surface area contributed by atoms with Gasteiger partial charge in [-0.15, -0.1) is 0 Å². The Morgan fingerprint density at radius 2 is 2.16 bits per heavy atom. The van der Waals surface area contributed by atoms with Gasteiger partial charge in [0.1, 0.15) is 6.61 Å². The van der Waals surface area contributed by atoms with Crippen molar-refractivity contribution in [3.05, 3.63) is 34.3 Å². The van der Waals surface area contributed by atoms with Gasteiger partial charge < -0.3 is 15.2 Å². The van der Waals surface area contributed by atoms with Crippen molar-refractivity contribution in [1.82, 2.24) is 0 Å².